The monoisotopic (exact) mass is 391 g/mol. The molecule has 7 nitrogen and oxygen atoms in total. The summed E-state index contributed by atoms with van der Waals surface area (Å²) in [6.07, 6.45) is 1.31. The van der Waals surface area contributed by atoms with Crippen LogP contribution in [0.15, 0.2) is 76.7 Å². The molecule has 0 radical (unpaired) electrons. The molecule has 0 fully saturated rings. The average Bonchev–Trinajstić information content (AvgIpc) is 3.21. The first-order valence-electron chi connectivity index (χ1n) is 8.83. The summed E-state index contributed by atoms with van der Waals surface area (Å²) in [5.74, 6) is -0.624. The number of nitrogens with zero attached hydrogens (tertiary/aromatic N) is 1. The van der Waals surface area contributed by atoms with Crippen molar-refractivity contribution in [2.24, 2.45) is 0 Å². The van der Waals surface area contributed by atoms with E-state index in [1.54, 1.807) is 61.5 Å². The number of ether oxygens (including phenoxy) is 1. The maximum atomic E-state index is 12.8. The average molecular weight is 391 g/mol. The molecule has 3 rings (SSSR count). The third kappa shape index (κ3) is 4.65. The third-order valence-electron chi connectivity index (χ3n) is 4.03. The van der Waals surface area contributed by atoms with Crippen molar-refractivity contribution < 1.29 is 23.7 Å². The van der Waals surface area contributed by atoms with Crippen LogP contribution in [-0.4, -0.2) is 23.3 Å². The molecule has 29 heavy (non-hydrogen) atoms. The summed E-state index contributed by atoms with van der Waals surface area (Å²) in [4.78, 5) is 35.6. The number of carbonyl (C=O) groups is 2. The molecule has 1 aromatic heterocycles. The highest BCUT2D eigenvalue weighted by molar-refractivity contribution is 6.26. The van der Waals surface area contributed by atoms with Gasteiger partial charge >= 0.3 is 5.97 Å². The van der Waals surface area contributed by atoms with Crippen molar-refractivity contribution in [3.05, 3.63) is 93.7 Å². The zero-order chi connectivity index (χ0) is 20.8. The number of rotatable bonds is 7. The van der Waals surface area contributed by atoms with Crippen LogP contribution in [0.3, 0.4) is 0 Å². The number of benzene rings is 2. The Bertz CT molecular complexity index is 1080. The van der Waals surface area contributed by atoms with Gasteiger partial charge in [0.2, 0.25) is 0 Å². The van der Waals surface area contributed by atoms with E-state index < -0.39 is 16.7 Å². The van der Waals surface area contributed by atoms with Gasteiger partial charge in [0.25, 0.3) is 5.69 Å². The molecule has 0 bridgehead atoms. The molecule has 0 N–H and O–H groups in total. The van der Waals surface area contributed by atoms with Crippen molar-refractivity contribution >= 4 is 23.5 Å². The van der Waals surface area contributed by atoms with Crippen LogP contribution < -0.4 is 0 Å². The molecule has 0 atom stereocenters. The Balaban J connectivity index is 1.96. The van der Waals surface area contributed by atoms with Crippen molar-refractivity contribution in [1.82, 2.24) is 0 Å². The maximum absolute atomic E-state index is 12.8. The minimum Gasteiger partial charge on any atom is -0.462 e. The van der Waals surface area contributed by atoms with E-state index in [-0.39, 0.29) is 23.6 Å². The zero-order valence-electron chi connectivity index (χ0n) is 15.5. The van der Waals surface area contributed by atoms with Gasteiger partial charge in [-0.15, -0.1) is 0 Å². The van der Waals surface area contributed by atoms with Crippen molar-refractivity contribution in [1.29, 1.82) is 0 Å². The molecule has 0 unspecified atom stereocenters. The van der Waals surface area contributed by atoms with Crippen LogP contribution in [-0.2, 0) is 9.53 Å². The highest BCUT2D eigenvalue weighted by atomic mass is 16.6. The SMILES string of the molecule is CCOC(=O)/C(=C\c1ccc(-c2cccc([N+](=O)[O-])c2)o1)C(=O)c1ccccc1. The van der Waals surface area contributed by atoms with Crippen LogP contribution in [0.5, 0.6) is 0 Å². The van der Waals surface area contributed by atoms with Gasteiger partial charge in [-0.25, -0.2) is 4.79 Å². The second-order valence-corrected chi connectivity index (χ2v) is 5.98. The minimum absolute atomic E-state index is 0.0672. The number of hydrogen-bond acceptors (Lipinski definition) is 6. The molecule has 0 saturated carbocycles. The fraction of sp³-hybridized carbons (Fsp3) is 0.0909. The highest BCUT2D eigenvalue weighted by Gasteiger charge is 2.22. The molecule has 7 heteroatoms. The van der Waals surface area contributed by atoms with E-state index in [0.29, 0.717) is 16.9 Å². The fourth-order valence-electron chi connectivity index (χ4n) is 2.67. The van der Waals surface area contributed by atoms with E-state index in [1.165, 1.54) is 18.2 Å². The number of nitro benzene ring substituents is 1. The standard InChI is InChI=1S/C22H17NO6/c1-2-28-22(25)19(21(24)15-7-4-3-5-8-15)14-18-11-12-20(29-18)16-9-6-10-17(13-16)23(26)27/h3-14H,2H2,1H3/b19-14-. The van der Waals surface area contributed by atoms with E-state index in [0.717, 1.165) is 0 Å². The number of nitro groups is 1. The van der Waals surface area contributed by atoms with Crippen LogP contribution in [0, 0.1) is 10.1 Å². The second kappa shape index (κ2) is 8.79. The zero-order valence-corrected chi connectivity index (χ0v) is 15.5. The lowest BCUT2D eigenvalue weighted by molar-refractivity contribution is -0.384. The first-order chi connectivity index (χ1) is 14.0. The molecular formula is C22H17NO6. The third-order valence-corrected chi connectivity index (χ3v) is 4.03. The predicted octanol–water partition coefficient (Wildman–Crippen LogP) is 4.68. The maximum Gasteiger partial charge on any atom is 0.342 e. The smallest absolute Gasteiger partial charge is 0.342 e. The summed E-state index contributed by atoms with van der Waals surface area (Å²) in [5.41, 5.74) is 0.614. The van der Waals surface area contributed by atoms with Gasteiger partial charge in [-0.1, -0.05) is 42.5 Å². The van der Waals surface area contributed by atoms with Crippen LogP contribution in [0.4, 0.5) is 5.69 Å². The Morgan fingerprint density at radius 2 is 1.83 bits per heavy atom. The number of Topliss-reactive ketones (excluding diaryl/α,β-unsaturated/α-hetero) is 1. The van der Waals surface area contributed by atoms with Gasteiger partial charge in [-0.2, -0.15) is 0 Å². The fourth-order valence-corrected chi connectivity index (χ4v) is 2.67. The number of furan rings is 1. The lowest BCUT2D eigenvalue weighted by Crippen LogP contribution is -2.16. The van der Waals surface area contributed by atoms with Gasteiger partial charge in [0.15, 0.2) is 5.78 Å². The Kier molecular flexibility index (Phi) is 5.99. The van der Waals surface area contributed by atoms with E-state index in [2.05, 4.69) is 0 Å². The largest absolute Gasteiger partial charge is 0.462 e. The molecule has 0 saturated heterocycles. The predicted molar refractivity (Wildman–Crippen MR) is 106 cm³/mol. The number of ketones is 1. The first-order valence-corrected chi connectivity index (χ1v) is 8.83. The van der Waals surface area contributed by atoms with Gasteiger partial charge < -0.3 is 9.15 Å². The van der Waals surface area contributed by atoms with Crippen molar-refractivity contribution in [3.63, 3.8) is 0 Å². The van der Waals surface area contributed by atoms with E-state index in [4.69, 9.17) is 9.15 Å². The van der Waals surface area contributed by atoms with E-state index in [1.807, 2.05) is 0 Å². The van der Waals surface area contributed by atoms with Crippen LogP contribution in [0.2, 0.25) is 0 Å². The number of carbonyl (C=O) groups excluding carboxylic acids is 2. The van der Waals surface area contributed by atoms with E-state index >= 15 is 0 Å². The molecule has 1 heterocycles. The summed E-state index contributed by atoms with van der Waals surface area (Å²) in [7, 11) is 0. The van der Waals surface area contributed by atoms with Crippen molar-refractivity contribution in [2.75, 3.05) is 6.61 Å². The van der Waals surface area contributed by atoms with Crippen LogP contribution in [0.1, 0.15) is 23.0 Å². The molecule has 0 spiro atoms. The van der Waals surface area contributed by atoms with Gasteiger partial charge in [0.05, 0.1) is 11.5 Å². The summed E-state index contributed by atoms with van der Waals surface area (Å²) < 4.78 is 10.7. The minimum atomic E-state index is -0.755. The second-order valence-electron chi connectivity index (χ2n) is 5.98. The van der Waals surface area contributed by atoms with Crippen LogP contribution in [0.25, 0.3) is 17.4 Å². The Hall–Kier alpha value is -4.00. The molecule has 0 aliphatic heterocycles. The molecular weight excluding hydrogens is 374 g/mol. The summed E-state index contributed by atoms with van der Waals surface area (Å²) >= 11 is 0. The molecule has 146 valence electrons. The lowest BCUT2D eigenvalue weighted by Gasteiger charge is -2.06. The molecule has 0 aliphatic carbocycles. The van der Waals surface area contributed by atoms with Crippen molar-refractivity contribution in [3.8, 4) is 11.3 Å². The van der Waals surface area contributed by atoms with E-state index in [9.17, 15) is 19.7 Å². The summed E-state index contributed by atoms with van der Waals surface area (Å²) in [6.45, 7) is 1.77. The summed E-state index contributed by atoms with van der Waals surface area (Å²) in [5, 5.41) is 11.0. The molecule has 0 aliphatic rings. The quantitative estimate of drug-likeness (QED) is 0.110. The topological polar surface area (TPSA) is 99.7 Å². The Labute approximate surface area is 166 Å². The Morgan fingerprint density at radius 3 is 2.52 bits per heavy atom. The Morgan fingerprint density at radius 1 is 1.07 bits per heavy atom. The number of hydrogen-bond donors (Lipinski definition) is 0. The first kappa shape index (κ1) is 19.8. The lowest BCUT2D eigenvalue weighted by atomic mass is 10.0. The normalized spacial score (nSPS) is 11.1. The molecule has 2 aromatic carbocycles. The summed E-state index contributed by atoms with van der Waals surface area (Å²) in [6, 6.07) is 17.5. The number of non-ortho nitro benzene ring substituents is 1. The van der Waals surface area contributed by atoms with Crippen LogP contribution >= 0.6 is 0 Å². The molecule has 3 aromatic rings. The highest BCUT2D eigenvalue weighted by Crippen LogP contribution is 2.27. The molecule has 0 amide bonds. The van der Waals surface area contributed by atoms with Gasteiger partial charge in [-0.3, -0.25) is 14.9 Å². The van der Waals surface area contributed by atoms with Crippen molar-refractivity contribution in [2.45, 2.75) is 6.92 Å². The number of esters is 1. The van der Waals surface area contributed by atoms with Gasteiger partial charge in [0.1, 0.15) is 17.1 Å². The van der Waals surface area contributed by atoms with Gasteiger partial charge in [0, 0.05) is 23.3 Å². The van der Waals surface area contributed by atoms with Gasteiger partial charge in [-0.05, 0) is 25.1 Å².